The van der Waals surface area contributed by atoms with Crippen molar-refractivity contribution in [3.8, 4) is 0 Å². The number of carbonyl (C=O) groups excluding carboxylic acids is 1. The second-order valence-corrected chi connectivity index (χ2v) is 6.05. The van der Waals surface area contributed by atoms with E-state index >= 15 is 0 Å². The molecule has 0 radical (unpaired) electrons. The molecule has 0 bridgehead atoms. The molecule has 1 saturated heterocycles. The zero-order valence-electron chi connectivity index (χ0n) is 10.5. The van der Waals surface area contributed by atoms with Gasteiger partial charge in [-0.1, -0.05) is 27.5 Å². The van der Waals surface area contributed by atoms with E-state index < -0.39 is 17.4 Å². The number of aliphatic carboxylic acids is 1. The molecule has 1 fully saturated rings. The molecule has 5 nitrogen and oxygen atoms in total. The predicted molar refractivity (Wildman–Crippen MR) is 77.0 cm³/mol. The van der Waals surface area contributed by atoms with Crippen molar-refractivity contribution in [2.24, 2.45) is 0 Å². The van der Waals surface area contributed by atoms with Gasteiger partial charge < -0.3 is 15.2 Å². The van der Waals surface area contributed by atoms with Gasteiger partial charge >= 0.3 is 5.97 Å². The molecule has 1 unspecified atom stereocenters. The van der Waals surface area contributed by atoms with Gasteiger partial charge in [0.05, 0.1) is 29.2 Å². The first-order valence-corrected chi connectivity index (χ1v) is 7.16. The van der Waals surface area contributed by atoms with E-state index in [1.54, 1.807) is 18.2 Å². The van der Waals surface area contributed by atoms with Gasteiger partial charge in [-0.3, -0.25) is 9.59 Å². The maximum absolute atomic E-state index is 12.3. The van der Waals surface area contributed by atoms with Crippen LogP contribution in [0, 0.1) is 0 Å². The molecule has 7 heteroatoms. The van der Waals surface area contributed by atoms with Crippen LogP contribution in [0.15, 0.2) is 22.7 Å². The molecule has 2 rings (SSSR count). The first-order chi connectivity index (χ1) is 9.42. The molecule has 1 aromatic rings. The fourth-order valence-electron chi connectivity index (χ4n) is 2.16. The Morgan fingerprint density at radius 1 is 1.50 bits per heavy atom. The second-order valence-electron chi connectivity index (χ2n) is 4.73. The normalized spacial score (nSPS) is 21.7. The quantitative estimate of drug-likeness (QED) is 0.863. The highest BCUT2D eigenvalue weighted by Crippen LogP contribution is 2.26. The van der Waals surface area contributed by atoms with E-state index in [-0.39, 0.29) is 13.0 Å². The van der Waals surface area contributed by atoms with E-state index in [0.29, 0.717) is 23.6 Å². The Balaban J connectivity index is 2.18. The lowest BCUT2D eigenvalue weighted by Crippen LogP contribution is -2.50. The summed E-state index contributed by atoms with van der Waals surface area (Å²) in [6.07, 6.45) is 0.298. The van der Waals surface area contributed by atoms with Crippen molar-refractivity contribution in [3.05, 3.63) is 33.3 Å². The Morgan fingerprint density at radius 2 is 2.25 bits per heavy atom. The molecule has 0 aliphatic carbocycles. The third kappa shape index (κ3) is 3.50. The maximum Gasteiger partial charge on any atom is 0.305 e. The SMILES string of the molecule is O=C(O)CC1(NC(=O)c2ccc(Br)cc2Cl)CCOC1. The molecule has 1 amide bonds. The summed E-state index contributed by atoms with van der Waals surface area (Å²) in [7, 11) is 0. The third-order valence-electron chi connectivity index (χ3n) is 3.15. The van der Waals surface area contributed by atoms with E-state index in [4.69, 9.17) is 21.4 Å². The van der Waals surface area contributed by atoms with Crippen LogP contribution in [0.1, 0.15) is 23.2 Å². The number of carboxylic acids is 1. The third-order valence-corrected chi connectivity index (χ3v) is 3.95. The molecule has 1 aromatic carbocycles. The summed E-state index contributed by atoms with van der Waals surface area (Å²) in [6, 6.07) is 4.91. The summed E-state index contributed by atoms with van der Waals surface area (Å²) in [5, 5.41) is 12.0. The zero-order valence-corrected chi connectivity index (χ0v) is 12.8. The van der Waals surface area contributed by atoms with Crippen molar-refractivity contribution in [1.29, 1.82) is 0 Å². The Kier molecular flexibility index (Phi) is 4.67. The number of amides is 1. The average molecular weight is 363 g/mol. The molecule has 108 valence electrons. The van der Waals surface area contributed by atoms with Crippen LogP contribution in [-0.4, -0.2) is 35.7 Å². The highest BCUT2D eigenvalue weighted by molar-refractivity contribution is 9.10. The average Bonchev–Trinajstić information content (AvgIpc) is 2.75. The van der Waals surface area contributed by atoms with Crippen LogP contribution in [0.3, 0.4) is 0 Å². The van der Waals surface area contributed by atoms with E-state index in [9.17, 15) is 9.59 Å². The summed E-state index contributed by atoms with van der Waals surface area (Å²) in [4.78, 5) is 23.2. The van der Waals surface area contributed by atoms with Crippen molar-refractivity contribution in [1.82, 2.24) is 5.32 Å². The van der Waals surface area contributed by atoms with E-state index in [1.807, 2.05) is 0 Å². The lowest BCUT2D eigenvalue weighted by atomic mass is 9.93. The largest absolute Gasteiger partial charge is 0.481 e. The Bertz CT molecular complexity index is 543. The van der Waals surface area contributed by atoms with E-state index in [2.05, 4.69) is 21.2 Å². The number of nitrogens with one attached hydrogen (secondary N) is 1. The molecule has 1 heterocycles. The topological polar surface area (TPSA) is 75.6 Å². The number of hydrogen-bond acceptors (Lipinski definition) is 3. The predicted octanol–water partition coefficient (Wildman–Crippen LogP) is 2.47. The van der Waals surface area contributed by atoms with Crippen LogP contribution >= 0.6 is 27.5 Å². The number of ether oxygens (including phenoxy) is 1. The fraction of sp³-hybridized carbons (Fsp3) is 0.385. The molecule has 0 saturated carbocycles. The number of carbonyl (C=O) groups is 2. The number of hydrogen-bond donors (Lipinski definition) is 2. The molecular weight excluding hydrogens is 350 g/mol. The lowest BCUT2D eigenvalue weighted by molar-refractivity contribution is -0.138. The number of benzene rings is 1. The van der Waals surface area contributed by atoms with Crippen molar-refractivity contribution in [3.63, 3.8) is 0 Å². The van der Waals surface area contributed by atoms with Gasteiger partial charge in [0.15, 0.2) is 0 Å². The number of halogens is 2. The van der Waals surface area contributed by atoms with Crippen LogP contribution in [0.25, 0.3) is 0 Å². The van der Waals surface area contributed by atoms with Gasteiger partial charge in [-0.05, 0) is 24.6 Å². The molecular formula is C13H13BrClNO4. The maximum atomic E-state index is 12.3. The summed E-state index contributed by atoms with van der Waals surface area (Å²) in [5.41, 5.74) is -0.550. The molecule has 1 aliphatic rings. The van der Waals surface area contributed by atoms with Gasteiger partial charge in [-0.15, -0.1) is 0 Å². The summed E-state index contributed by atoms with van der Waals surface area (Å²) in [6.45, 7) is 0.626. The van der Waals surface area contributed by atoms with Crippen LogP contribution in [0.2, 0.25) is 5.02 Å². The van der Waals surface area contributed by atoms with Gasteiger partial charge in [0.1, 0.15) is 0 Å². The van der Waals surface area contributed by atoms with E-state index in [0.717, 1.165) is 4.47 Å². The molecule has 20 heavy (non-hydrogen) atoms. The smallest absolute Gasteiger partial charge is 0.305 e. The second kappa shape index (κ2) is 6.11. The standard InChI is InChI=1S/C13H13BrClNO4/c14-8-1-2-9(10(15)5-8)12(19)16-13(6-11(17)18)3-4-20-7-13/h1-2,5H,3-4,6-7H2,(H,16,19)(H,17,18). The first-order valence-electron chi connectivity index (χ1n) is 5.99. The minimum Gasteiger partial charge on any atom is -0.481 e. The van der Waals surface area contributed by atoms with E-state index in [1.165, 1.54) is 0 Å². The van der Waals surface area contributed by atoms with Crippen molar-refractivity contribution >= 4 is 39.4 Å². The number of rotatable bonds is 4. The highest BCUT2D eigenvalue weighted by Gasteiger charge is 2.39. The highest BCUT2D eigenvalue weighted by atomic mass is 79.9. The zero-order chi connectivity index (χ0) is 14.8. The fourth-order valence-corrected chi connectivity index (χ4v) is 2.92. The van der Waals surface area contributed by atoms with Gasteiger partial charge in [0.2, 0.25) is 0 Å². The van der Waals surface area contributed by atoms with Crippen LogP contribution < -0.4 is 5.32 Å². The number of carboxylic acid groups (broad SMARTS) is 1. The van der Waals surface area contributed by atoms with Gasteiger partial charge in [0, 0.05) is 11.1 Å². The van der Waals surface area contributed by atoms with Gasteiger partial charge in [-0.25, -0.2) is 0 Å². The molecule has 0 aromatic heterocycles. The molecule has 1 atom stereocenters. The van der Waals surface area contributed by atoms with Crippen LogP contribution in [0.4, 0.5) is 0 Å². The Labute approximate surface area is 129 Å². The summed E-state index contributed by atoms with van der Waals surface area (Å²) < 4.78 is 6.00. The molecule has 1 aliphatic heterocycles. The van der Waals surface area contributed by atoms with Crippen molar-refractivity contribution in [2.45, 2.75) is 18.4 Å². The van der Waals surface area contributed by atoms with Crippen molar-refractivity contribution in [2.75, 3.05) is 13.2 Å². The Hall–Kier alpha value is -1.11. The van der Waals surface area contributed by atoms with Crippen LogP contribution in [-0.2, 0) is 9.53 Å². The van der Waals surface area contributed by atoms with Crippen LogP contribution in [0.5, 0.6) is 0 Å². The first kappa shape index (κ1) is 15.3. The van der Waals surface area contributed by atoms with Gasteiger partial charge in [0.25, 0.3) is 5.91 Å². The van der Waals surface area contributed by atoms with Gasteiger partial charge in [-0.2, -0.15) is 0 Å². The monoisotopic (exact) mass is 361 g/mol. The lowest BCUT2D eigenvalue weighted by Gasteiger charge is -2.27. The molecule has 2 N–H and O–H groups in total. The Morgan fingerprint density at radius 3 is 2.80 bits per heavy atom. The molecule has 0 spiro atoms. The summed E-state index contributed by atoms with van der Waals surface area (Å²) in [5.74, 6) is -1.37. The van der Waals surface area contributed by atoms with Crippen molar-refractivity contribution < 1.29 is 19.4 Å². The minimum absolute atomic E-state index is 0.174. The minimum atomic E-state index is -0.974. The summed E-state index contributed by atoms with van der Waals surface area (Å²) >= 11 is 9.29.